The van der Waals surface area contributed by atoms with Crippen LogP contribution in [0.2, 0.25) is 0 Å². The number of carbonyl (C=O) groups excluding carboxylic acids is 2. The standard InChI is InChI=1S/C16H15N2O3/c19-11-15(9-14-7-4-8-17-10-14)18-16(20)21-12-13-5-2-1-3-6-13/h1-8,10,15H,9,12H2,(H,18,20). The summed E-state index contributed by atoms with van der Waals surface area (Å²) in [5.41, 5.74) is 1.72. The summed E-state index contributed by atoms with van der Waals surface area (Å²) in [5, 5.41) is 2.47. The molecule has 0 fully saturated rings. The largest absolute Gasteiger partial charge is 0.445 e. The van der Waals surface area contributed by atoms with Crippen LogP contribution in [0.4, 0.5) is 4.79 Å². The van der Waals surface area contributed by atoms with Gasteiger partial charge in [0.05, 0.1) is 0 Å². The summed E-state index contributed by atoms with van der Waals surface area (Å²) in [5.74, 6) is 0. The molecule has 0 saturated heterocycles. The van der Waals surface area contributed by atoms with Crippen molar-refractivity contribution >= 4 is 12.4 Å². The van der Waals surface area contributed by atoms with E-state index in [4.69, 9.17) is 4.74 Å². The molecule has 1 aromatic carbocycles. The third-order valence-electron chi connectivity index (χ3n) is 2.81. The topological polar surface area (TPSA) is 68.3 Å². The summed E-state index contributed by atoms with van der Waals surface area (Å²) in [6, 6.07) is 12.2. The number of rotatable bonds is 6. The maximum Gasteiger partial charge on any atom is 0.408 e. The number of aromatic nitrogens is 1. The average Bonchev–Trinajstić information content (AvgIpc) is 2.54. The van der Waals surface area contributed by atoms with E-state index < -0.39 is 12.1 Å². The first kappa shape index (κ1) is 14.7. The van der Waals surface area contributed by atoms with Crippen LogP contribution in [0.25, 0.3) is 0 Å². The minimum atomic E-state index is -0.752. The van der Waals surface area contributed by atoms with Crippen LogP contribution in [-0.2, 0) is 22.6 Å². The molecule has 0 aliphatic carbocycles. The highest BCUT2D eigenvalue weighted by molar-refractivity contribution is 5.73. The number of amides is 1. The van der Waals surface area contributed by atoms with Gasteiger partial charge in [0.25, 0.3) is 0 Å². The number of hydrogen-bond donors (Lipinski definition) is 1. The van der Waals surface area contributed by atoms with Gasteiger partial charge in [0.1, 0.15) is 12.6 Å². The number of alkyl carbamates (subject to hydrolysis) is 1. The Bertz CT molecular complexity index is 573. The van der Waals surface area contributed by atoms with E-state index in [0.29, 0.717) is 6.42 Å². The van der Waals surface area contributed by atoms with Crippen molar-refractivity contribution in [3.63, 3.8) is 0 Å². The normalized spacial score (nSPS) is 11.4. The van der Waals surface area contributed by atoms with Crippen LogP contribution in [0.1, 0.15) is 11.1 Å². The van der Waals surface area contributed by atoms with Gasteiger partial charge in [-0.25, -0.2) is 4.79 Å². The van der Waals surface area contributed by atoms with Crippen LogP contribution in [0.15, 0.2) is 54.9 Å². The van der Waals surface area contributed by atoms with Crippen molar-refractivity contribution in [2.75, 3.05) is 0 Å². The van der Waals surface area contributed by atoms with Gasteiger partial charge in [-0.05, 0) is 17.2 Å². The van der Waals surface area contributed by atoms with E-state index in [-0.39, 0.29) is 6.61 Å². The van der Waals surface area contributed by atoms with Crippen LogP contribution in [0, 0.1) is 0 Å². The van der Waals surface area contributed by atoms with Gasteiger partial charge in [-0.15, -0.1) is 0 Å². The van der Waals surface area contributed by atoms with Crippen LogP contribution >= 0.6 is 0 Å². The number of hydrogen-bond acceptors (Lipinski definition) is 4. The molecule has 0 bridgehead atoms. The summed E-state index contributed by atoms with van der Waals surface area (Å²) < 4.78 is 5.05. The molecule has 0 aliphatic heterocycles. The molecule has 1 amide bonds. The molecule has 1 N–H and O–H groups in total. The van der Waals surface area contributed by atoms with E-state index in [1.54, 1.807) is 24.7 Å². The first-order valence-corrected chi connectivity index (χ1v) is 6.51. The highest BCUT2D eigenvalue weighted by atomic mass is 16.5. The highest BCUT2D eigenvalue weighted by Gasteiger charge is 2.14. The molecule has 21 heavy (non-hydrogen) atoms. The molecule has 5 nitrogen and oxygen atoms in total. The van der Waals surface area contributed by atoms with Gasteiger partial charge in [0.15, 0.2) is 0 Å². The summed E-state index contributed by atoms with van der Waals surface area (Å²) >= 11 is 0. The molecule has 107 valence electrons. The quantitative estimate of drug-likeness (QED) is 0.880. The second-order valence-corrected chi connectivity index (χ2v) is 4.44. The average molecular weight is 283 g/mol. The van der Waals surface area contributed by atoms with Crippen molar-refractivity contribution in [1.29, 1.82) is 0 Å². The predicted octanol–water partition coefficient (Wildman–Crippen LogP) is 2.03. The van der Waals surface area contributed by atoms with Crippen molar-refractivity contribution in [1.82, 2.24) is 10.3 Å². The number of ether oxygens (including phenoxy) is 1. The Morgan fingerprint density at radius 1 is 1.19 bits per heavy atom. The van der Waals surface area contributed by atoms with Crippen LogP contribution < -0.4 is 5.32 Å². The Balaban J connectivity index is 1.81. The Hall–Kier alpha value is -2.69. The molecule has 1 atom stereocenters. The van der Waals surface area contributed by atoms with Crippen LogP contribution in [-0.4, -0.2) is 23.4 Å². The van der Waals surface area contributed by atoms with Crippen molar-refractivity contribution < 1.29 is 14.3 Å². The summed E-state index contributed by atoms with van der Waals surface area (Å²) in [6.07, 6.45) is 4.76. The smallest absolute Gasteiger partial charge is 0.408 e. The monoisotopic (exact) mass is 283 g/mol. The molecular weight excluding hydrogens is 268 g/mol. The number of nitrogens with zero attached hydrogens (tertiary/aromatic N) is 1. The van der Waals surface area contributed by atoms with E-state index in [9.17, 15) is 9.59 Å². The number of nitrogens with one attached hydrogen (secondary N) is 1. The molecule has 1 heterocycles. The fourth-order valence-electron chi connectivity index (χ4n) is 1.78. The summed E-state index contributed by atoms with van der Waals surface area (Å²) in [7, 11) is 0. The minimum absolute atomic E-state index is 0.158. The number of benzene rings is 1. The fraction of sp³-hybridized carbons (Fsp3) is 0.188. The van der Waals surface area contributed by atoms with Gasteiger partial charge >= 0.3 is 6.09 Å². The maximum atomic E-state index is 11.6. The molecule has 2 rings (SSSR count). The van der Waals surface area contributed by atoms with Crippen LogP contribution in [0.3, 0.4) is 0 Å². The third-order valence-corrected chi connectivity index (χ3v) is 2.81. The molecule has 1 aromatic heterocycles. The van der Waals surface area contributed by atoms with Crippen molar-refractivity contribution in [2.24, 2.45) is 0 Å². The van der Waals surface area contributed by atoms with E-state index in [2.05, 4.69) is 10.3 Å². The summed E-state index contributed by atoms with van der Waals surface area (Å²) in [6.45, 7) is 0.158. The number of pyridine rings is 1. The molecule has 0 saturated carbocycles. The van der Waals surface area contributed by atoms with E-state index in [1.807, 2.05) is 36.4 Å². The molecule has 0 spiro atoms. The Morgan fingerprint density at radius 3 is 2.62 bits per heavy atom. The fourth-order valence-corrected chi connectivity index (χ4v) is 1.78. The van der Waals surface area contributed by atoms with Gasteiger partial charge in [-0.1, -0.05) is 36.4 Å². The van der Waals surface area contributed by atoms with Gasteiger partial charge in [0.2, 0.25) is 6.29 Å². The van der Waals surface area contributed by atoms with Gasteiger partial charge in [-0.2, -0.15) is 0 Å². The second-order valence-electron chi connectivity index (χ2n) is 4.44. The summed E-state index contributed by atoms with van der Waals surface area (Å²) in [4.78, 5) is 26.5. The third kappa shape index (κ3) is 5.06. The molecule has 5 heteroatoms. The van der Waals surface area contributed by atoms with E-state index >= 15 is 0 Å². The minimum Gasteiger partial charge on any atom is -0.445 e. The van der Waals surface area contributed by atoms with E-state index in [1.165, 1.54) is 0 Å². The Kier molecular flexibility index (Phi) is 5.46. The highest BCUT2D eigenvalue weighted by Crippen LogP contribution is 2.02. The molecule has 1 unspecified atom stereocenters. The van der Waals surface area contributed by atoms with Crippen molar-refractivity contribution in [3.05, 3.63) is 66.0 Å². The SMILES string of the molecule is O=[C]C(Cc1cccnc1)NC(=O)OCc1ccccc1. The Labute approximate surface area is 123 Å². The molecule has 2 aromatic rings. The van der Waals surface area contributed by atoms with E-state index in [0.717, 1.165) is 11.1 Å². The molecule has 0 aliphatic rings. The number of carbonyl (C=O) groups is 1. The lowest BCUT2D eigenvalue weighted by molar-refractivity contribution is 0.138. The zero-order valence-corrected chi connectivity index (χ0v) is 11.4. The first-order chi connectivity index (χ1) is 10.3. The lowest BCUT2D eigenvalue weighted by atomic mass is 10.1. The molecule has 1 radical (unpaired) electrons. The van der Waals surface area contributed by atoms with Gasteiger partial charge in [-0.3, -0.25) is 9.78 Å². The first-order valence-electron chi connectivity index (χ1n) is 6.51. The van der Waals surface area contributed by atoms with Gasteiger partial charge in [0, 0.05) is 18.8 Å². The van der Waals surface area contributed by atoms with Crippen molar-refractivity contribution in [3.8, 4) is 0 Å². The second kappa shape index (κ2) is 7.79. The molecular formula is C16H15N2O3. The Morgan fingerprint density at radius 2 is 1.95 bits per heavy atom. The zero-order chi connectivity index (χ0) is 14.9. The zero-order valence-electron chi connectivity index (χ0n) is 11.4. The maximum absolute atomic E-state index is 11.6. The van der Waals surface area contributed by atoms with Crippen LogP contribution in [0.5, 0.6) is 0 Å². The predicted molar refractivity (Wildman–Crippen MR) is 77.2 cm³/mol. The lowest BCUT2D eigenvalue weighted by Crippen LogP contribution is -2.37. The van der Waals surface area contributed by atoms with Gasteiger partial charge < -0.3 is 10.1 Å². The lowest BCUT2D eigenvalue weighted by Gasteiger charge is -2.12. The van der Waals surface area contributed by atoms with Crippen molar-refractivity contribution in [2.45, 2.75) is 19.1 Å².